The first-order chi connectivity index (χ1) is 20.5. The van der Waals surface area contributed by atoms with E-state index in [2.05, 4.69) is 15.2 Å². The van der Waals surface area contributed by atoms with Gasteiger partial charge in [0.2, 0.25) is 5.91 Å². The average Bonchev–Trinajstić information content (AvgIpc) is 3.68. The number of fused-ring (bicyclic) bond motifs is 1. The van der Waals surface area contributed by atoms with Crippen molar-refractivity contribution in [3.63, 3.8) is 0 Å². The van der Waals surface area contributed by atoms with Gasteiger partial charge in [-0.25, -0.2) is 8.42 Å². The summed E-state index contributed by atoms with van der Waals surface area (Å²) in [5, 5.41) is 3.38. The third-order valence-corrected chi connectivity index (χ3v) is 11.1. The fourth-order valence-corrected chi connectivity index (χ4v) is 8.04. The fourth-order valence-electron chi connectivity index (χ4n) is 5.92. The van der Waals surface area contributed by atoms with Crippen molar-refractivity contribution in [3.05, 3.63) is 80.1 Å². The Kier molecular flexibility index (Phi) is 8.19. The Morgan fingerprint density at radius 2 is 1.72 bits per heavy atom. The summed E-state index contributed by atoms with van der Waals surface area (Å²) in [7, 11) is -3.82. The number of piperazine rings is 1. The second-order valence-corrected chi connectivity index (χ2v) is 14.6. The SMILES string of the molecule is Cc1[nH]c(/C=C2\C(=O)Nc3ccc(S(=O)(=O)Cc4c(Cl)cccc4Cl)cc32)c(C)c1CC(=O)N1CCN(CC2CC2)CC1. The monoisotopic (exact) mass is 640 g/mol. The number of aryl methyl sites for hydroxylation is 1. The number of hydrogen-bond acceptors (Lipinski definition) is 5. The lowest BCUT2D eigenvalue weighted by atomic mass is 10.0. The van der Waals surface area contributed by atoms with Crippen molar-refractivity contribution < 1.29 is 18.0 Å². The van der Waals surface area contributed by atoms with Gasteiger partial charge in [0.05, 0.1) is 22.6 Å². The Morgan fingerprint density at radius 3 is 2.40 bits per heavy atom. The molecule has 0 atom stereocenters. The van der Waals surface area contributed by atoms with E-state index in [1.54, 1.807) is 30.3 Å². The smallest absolute Gasteiger partial charge is 0.256 e. The number of amides is 2. The van der Waals surface area contributed by atoms with Gasteiger partial charge in [-0.2, -0.15) is 0 Å². The van der Waals surface area contributed by atoms with E-state index in [1.807, 2.05) is 18.7 Å². The lowest BCUT2D eigenvalue weighted by Gasteiger charge is -2.35. The first-order valence-electron chi connectivity index (χ1n) is 14.5. The third kappa shape index (κ3) is 6.27. The van der Waals surface area contributed by atoms with Gasteiger partial charge in [0.25, 0.3) is 5.91 Å². The summed E-state index contributed by atoms with van der Waals surface area (Å²) in [4.78, 5) is 34.1. The van der Waals surface area contributed by atoms with Crippen LogP contribution in [-0.2, 0) is 31.6 Å². The molecule has 0 bridgehead atoms. The van der Waals surface area contributed by atoms with Gasteiger partial charge in [-0.3, -0.25) is 14.5 Å². The van der Waals surface area contributed by atoms with Crippen LogP contribution in [0.15, 0.2) is 41.3 Å². The molecule has 226 valence electrons. The molecule has 43 heavy (non-hydrogen) atoms. The highest BCUT2D eigenvalue weighted by Crippen LogP contribution is 2.37. The molecule has 2 aromatic carbocycles. The van der Waals surface area contributed by atoms with E-state index < -0.39 is 9.84 Å². The standard InChI is InChI=1S/C32H34Cl2N4O4S/c1-19-23(16-31(39)38-12-10-37(11-13-38)17-21-6-7-21)20(2)35-30(19)15-25-24-14-22(8-9-29(24)36-32(25)40)43(41,42)18-26-27(33)4-3-5-28(26)34/h3-5,8-9,14-15,21,35H,6-7,10-13,16-18H2,1-2H3,(H,36,40)/b25-15-. The number of carbonyl (C=O) groups excluding carboxylic acids is 2. The number of carbonyl (C=O) groups is 2. The van der Waals surface area contributed by atoms with Crippen LogP contribution in [-0.4, -0.2) is 67.7 Å². The Balaban J connectivity index is 1.22. The van der Waals surface area contributed by atoms with Gasteiger partial charge in [0, 0.05) is 71.0 Å². The molecule has 3 aromatic rings. The molecule has 1 saturated heterocycles. The molecule has 1 aromatic heterocycles. The molecule has 1 saturated carbocycles. The predicted octanol–water partition coefficient (Wildman–Crippen LogP) is 5.50. The Bertz CT molecular complexity index is 1730. The molecule has 3 heterocycles. The molecule has 0 spiro atoms. The number of H-pyrrole nitrogens is 1. The van der Waals surface area contributed by atoms with Gasteiger partial charge in [0.15, 0.2) is 9.84 Å². The van der Waals surface area contributed by atoms with Crippen LogP contribution in [0.5, 0.6) is 0 Å². The lowest BCUT2D eigenvalue weighted by Crippen LogP contribution is -2.49. The van der Waals surface area contributed by atoms with E-state index >= 15 is 0 Å². The van der Waals surface area contributed by atoms with Crippen LogP contribution >= 0.6 is 23.2 Å². The zero-order chi connectivity index (χ0) is 30.5. The fraction of sp³-hybridized carbons (Fsp3) is 0.375. The minimum atomic E-state index is -3.82. The predicted molar refractivity (Wildman–Crippen MR) is 170 cm³/mol. The molecule has 0 radical (unpaired) electrons. The van der Waals surface area contributed by atoms with Gasteiger partial charge < -0.3 is 15.2 Å². The van der Waals surface area contributed by atoms with Crippen molar-refractivity contribution in [1.29, 1.82) is 0 Å². The van der Waals surface area contributed by atoms with Gasteiger partial charge in [-0.05, 0) is 80.1 Å². The maximum atomic E-state index is 13.4. The zero-order valence-corrected chi connectivity index (χ0v) is 26.5. The highest BCUT2D eigenvalue weighted by molar-refractivity contribution is 7.90. The normalized spacial score (nSPS) is 18.3. The molecule has 6 rings (SSSR count). The quantitative estimate of drug-likeness (QED) is 0.317. The third-order valence-electron chi connectivity index (χ3n) is 8.72. The van der Waals surface area contributed by atoms with E-state index in [1.165, 1.54) is 25.0 Å². The molecule has 2 aliphatic heterocycles. The number of hydrogen-bond donors (Lipinski definition) is 2. The molecule has 1 aliphatic carbocycles. The van der Waals surface area contributed by atoms with Gasteiger partial charge in [-0.15, -0.1) is 0 Å². The van der Waals surface area contributed by atoms with E-state index in [0.717, 1.165) is 55.5 Å². The largest absolute Gasteiger partial charge is 0.359 e. The first kappa shape index (κ1) is 29.9. The second kappa shape index (κ2) is 11.8. The number of aromatic nitrogens is 1. The number of anilines is 1. The molecule has 2 fully saturated rings. The molecule has 2 N–H and O–H groups in total. The van der Waals surface area contributed by atoms with Crippen LogP contribution in [0.1, 0.15) is 46.5 Å². The molecular weight excluding hydrogens is 607 g/mol. The van der Waals surface area contributed by atoms with Crippen molar-refractivity contribution in [2.45, 2.75) is 43.8 Å². The summed E-state index contributed by atoms with van der Waals surface area (Å²) in [5.41, 5.74) is 5.09. The van der Waals surface area contributed by atoms with Gasteiger partial charge >= 0.3 is 0 Å². The number of benzene rings is 2. The number of sulfone groups is 1. The number of nitrogens with zero attached hydrogens (tertiary/aromatic N) is 2. The summed E-state index contributed by atoms with van der Waals surface area (Å²) < 4.78 is 26.7. The van der Waals surface area contributed by atoms with Crippen molar-refractivity contribution in [2.75, 3.05) is 38.0 Å². The summed E-state index contributed by atoms with van der Waals surface area (Å²) in [6, 6.07) is 9.44. The van der Waals surface area contributed by atoms with Gasteiger partial charge in [-0.1, -0.05) is 29.3 Å². The minimum Gasteiger partial charge on any atom is -0.359 e. The van der Waals surface area contributed by atoms with Crippen LogP contribution in [0.2, 0.25) is 10.0 Å². The summed E-state index contributed by atoms with van der Waals surface area (Å²) in [6.45, 7) is 8.35. The average molecular weight is 642 g/mol. The van der Waals surface area contributed by atoms with E-state index in [4.69, 9.17) is 23.2 Å². The second-order valence-electron chi connectivity index (χ2n) is 11.7. The Hall–Kier alpha value is -3.11. The van der Waals surface area contributed by atoms with E-state index in [9.17, 15) is 18.0 Å². The Morgan fingerprint density at radius 1 is 1.02 bits per heavy atom. The van der Waals surface area contributed by atoms with Crippen LogP contribution in [0.4, 0.5) is 5.69 Å². The summed E-state index contributed by atoms with van der Waals surface area (Å²) >= 11 is 12.5. The highest BCUT2D eigenvalue weighted by atomic mass is 35.5. The van der Waals surface area contributed by atoms with Crippen molar-refractivity contribution in [2.24, 2.45) is 5.92 Å². The molecule has 0 unspecified atom stereocenters. The van der Waals surface area contributed by atoms with Crippen molar-refractivity contribution in [3.8, 4) is 0 Å². The van der Waals surface area contributed by atoms with Crippen molar-refractivity contribution >= 4 is 62.2 Å². The molecule has 11 heteroatoms. The number of aromatic amines is 1. The van der Waals surface area contributed by atoms with Crippen LogP contribution in [0.25, 0.3) is 11.6 Å². The molecule has 3 aliphatic rings. The highest BCUT2D eigenvalue weighted by Gasteiger charge is 2.30. The summed E-state index contributed by atoms with van der Waals surface area (Å²) in [6.07, 6.45) is 4.68. The number of halogens is 2. The number of nitrogens with one attached hydrogen (secondary N) is 2. The molecule has 8 nitrogen and oxygen atoms in total. The topological polar surface area (TPSA) is 103 Å². The van der Waals surface area contributed by atoms with Crippen molar-refractivity contribution in [1.82, 2.24) is 14.8 Å². The Labute approximate surface area is 262 Å². The van der Waals surface area contributed by atoms with Gasteiger partial charge in [0.1, 0.15) is 0 Å². The van der Waals surface area contributed by atoms with Crippen LogP contribution in [0.3, 0.4) is 0 Å². The lowest BCUT2D eigenvalue weighted by molar-refractivity contribution is -0.132. The maximum absolute atomic E-state index is 13.4. The summed E-state index contributed by atoms with van der Waals surface area (Å²) in [5.74, 6) is 0.254. The van der Waals surface area contributed by atoms with Crippen LogP contribution in [0, 0.1) is 19.8 Å². The van der Waals surface area contributed by atoms with E-state index in [-0.39, 0.29) is 38.9 Å². The van der Waals surface area contributed by atoms with Crippen LogP contribution < -0.4 is 5.32 Å². The molecule has 2 amide bonds. The maximum Gasteiger partial charge on any atom is 0.256 e. The minimum absolute atomic E-state index is 0.0625. The molecular formula is C32H34Cl2N4O4S. The first-order valence-corrected chi connectivity index (χ1v) is 16.9. The van der Waals surface area contributed by atoms with E-state index in [0.29, 0.717) is 28.1 Å². The zero-order valence-electron chi connectivity index (χ0n) is 24.2. The number of rotatable bonds is 8.